The quantitative estimate of drug-likeness (QED) is 0.789. The highest BCUT2D eigenvalue weighted by Crippen LogP contribution is 2.25. The summed E-state index contributed by atoms with van der Waals surface area (Å²) in [6.45, 7) is 2.52. The molecule has 29 heavy (non-hydrogen) atoms. The molecule has 2 atom stereocenters. The Morgan fingerprint density at radius 2 is 1.93 bits per heavy atom. The number of hydrogen-bond acceptors (Lipinski definition) is 5. The SMILES string of the molecule is O=C(NC(Cc1ccccc1)C(=O)N1CCCC(C2OCCO2)C1)c1cccs1. The summed E-state index contributed by atoms with van der Waals surface area (Å²) in [6, 6.07) is 12.8. The van der Waals surface area contributed by atoms with Crippen LogP contribution in [0.4, 0.5) is 0 Å². The standard InChI is InChI=1S/C22H26N2O4S/c25-20(19-9-5-13-29-19)23-18(14-16-6-2-1-3-7-16)21(26)24-10-4-8-17(15-24)22-27-11-12-28-22/h1-3,5-7,9,13,17-18,22H,4,8,10-12,14-15H2,(H,23,25). The van der Waals surface area contributed by atoms with Crippen molar-refractivity contribution in [3.63, 3.8) is 0 Å². The molecule has 2 aliphatic heterocycles. The summed E-state index contributed by atoms with van der Waals surface area (Å²) in [4.78, 5) is 28.5. The van der Waals surface area contributed by atoms with Gasteiger partial charge in [0.25, 0.3) is 5.91 Å². The number of carbonyl (C=O) groups excluding carboxylic acids is 2. The van der Waals surface area contributed by atoms with E-state index in [1.807, 2.05) is 46.7 Å². The lowest BCUT2D eigenvalue weighted by molar-refractivity contribution is -0.141. The minimum atomic E-state index is -0.601. The van der Waals surface area contributed by atoms with Crippen molar-refractivity contribution in [3.8, 4) is 0 Å². The Bertz CT molecular complexity index is 805. The van der Waals surface area contributed by atoms with Crippen molar-refractivity contribution >= 4 is 23.2 Å². The van der Waals surface area contributed by atoms with Crippen LogP contribution in [0.25, 0.3) is 0 Å². The van der Waals surface area contributed by atoms with Gasteiger partial charge in [-0.3, -0.25) is 9.59 Å². The van der Waals surface area contributed by atoms with Crippen LogP contribution in [-0.4, -0.2) is 55.3 Å². The Kier molecular flexibility index (Phi) is 6.59. The van der Waals surface area contributed by atoms with Crippen molar-refractivity contribution in [2.75, 3.05) is 26.3 Å². The normalized spacial score (nSPS) is 21.1. The van der Waals surface area contributed by atoms with Crippen LogP contribution in [0.2, 0.25) is 0 Å². The Balaban J connectivity index is 1.47. The number of amides is 2. The first kappa shape index (κ1) is 20.1. The number of carbonyl (C=O) groups is 2. The van der Waals surface area contributed by atoms with Gasteiger partial charge in [0.1, 0.15) is 6.04 Å². The molecule has 2 fully saturated rings. The lowest BCUT2D eigenvalue weighted by atomic mass is 9.96. The first-order chi connectivity index (χ1) is 14.2. The molecule has 6 nitrogen and oxygen atoms in total. The summed E-state index contributed by atoms with van der Waals surface area (Å²) in [6.07, 6.45) is 2.14. The van der Waals surface area contributed by atoms with Crippen molar-refractivity contribution in [1.29, 1.82) is 0 Å². The van der Waals surface area contributed by atoms with E-state index in [0.29, 0.717) is 37.6 Å². The van der Waals surface area contributed by atoms with Crippen LogP contribution in [0, 0.1) is 5.92 Å². The van der Waals surface area contributed by atoms with Gasteiger partial charge in [-0.2, -0.15) is 0 Å². The van der Waals surface area contributed by atoms with E-state index in [1.165, 1.54) is 11.3 Å². The molecule has 0 bridgehead atoms. The molecule has 0 radical (unpaired) electrons. The van der Waals surface area contributed by atoms with E-state index in [9.17, 15) is 9.59 Å². The third-order valence-corrected chi connectivity index (χ3v) is 6.30. The van der Waals surface area contributed by atoms with Crippen LogP contribution in [0.1, 0.15) is 28.1 Å². The number of rotatable bonds is 6. The summed E-state index contributed by atoms with van der Waals surface area (Å²) in [7, 11) is 0. The Morgan fingerprint density at radius 1 is 1.14 bits per heavy atom. The van der Waals surface area contributed by atoms with Crippen molar-refractivity contribution in [2.45, 2.75) is 31.6 Å². The molecule has 2 unspecified atom stereocenters. The van der Waals surface area contributed by atoms with Gasteiger partial charge >= 0.3 is 0 Å². The summed E-state index contributed by atoms with van der Waals surface area (Å²) in [5.41, 5.74) is 1.02. The minimum absolute atomic E-state index is 0.0403. The molecule has 2 saturated heterocycles. The predicted molar refractivity (Wildman–Crippen MR) is 111 cm³/mol. The zero-order valence-corrected chi connectivity index (χ0v) is 17.1. The second-order valence-corrected chi connectivity index (χ2v) is 8.44. The first-order valence-corrected chi connectivity index (χ1v) is 11.0. The highest BCUT2D eigenvalue weighted by molar-refractivity contribution is 7.12. The number of piperidine rings is 1. The molecule has 2 amide bonds. The van der Waals surface area contributed by atoms with Crippen LogP contribution < -0.4 is 5.32 Å². The molecule has 154 valence electrons. The summed E-state index contributed by atoms with van der Waals surface area (Å²) in [5.74, 6) is -0.0627. The van der Waals surface area contributed by atoms with Gasteiger partial charge in [-0.25, -0.2) is 0 Å². The number of hydrogen-bond donors (Lipinski definition) is 1. The van der Waals surface area contributed by atoms with Crippen molar-refractivity contribution < 1.29 is 19.1 Å². The molecule has 7 heteroatoms. The van der Waals surface area contributed by atoms with E-state index in [-0.39, 0.29) is 24.0 Å². The van der Waals surface area contributed by atoms with E-state index >= 15 is 0 Å². The Hall–Kier alpha value is -2.22. The molecule has 3 heterocycles. The van der Waals surface area contributed by atoms with Gasteiger partial charge < -0.3 is 19.7 Å². The van der Waals surface area contributed by atoms with Gasteiger partial charge in [-0.05, 0) is 29.9 Å². The highest BCUT2D eigenvalue weighted by Gasteiger charge is 2.35. The van der Waals surface area contributed by atoms with Gasteiger partial charge in [0.05, 0.1) is 18.1 Å². The van der Waals surface area contributed by atoms with Gasteiger partial charge in [-0.15, -0.1) is 11.3 Å². The smallest absolute Gasteiger partial charge is 0.262 e. The topological polar surface area (TPSA) is 67.9 Å². The molecule has 1 aromatic carbocycles. The fourth-order valence-corrected chi connectivity index (χ4v) is 4.62. The van der Waals surface area contributed by atoms with Crippen LogP contribution in [0.15, 0.2) is 47.8 Å². The fraction of sp³-hybridized carbons (Fsp3) is 0.455. The number of ether oxygens (including phenoxy) is 2. The average molecular weight is 415 g/mol. The van der Waals surface area contributed by atoms with Crippen molar-refractivity contribution in [1.82, 2.24) is 10.2 Å². The van der Waals surface area contributed by atoms with Gasteiger partial charge in [0.2, 0.25) is 5.91 Å². The molecule has 2 aromatic rings. The molecule has 2 aliphatic rings. The second kappa shape index (κ2) is 9.52. The zero-order valence-electron chi connectivity index (χ0n) is 16.3. The number of nitrogens with zero attached hydrogens (tertiary/aromatic N) is 1. The molecule has 1 aromatic heterocycles. The Labute approximate surface area is 174 Å². The summed E-state index contributed by atoms with van der Waals surface area (Å²) >= 11 is 1.37. The summed E-state index contributed by atoms with van der Waals surface area (Å²) < 4.78 is 11.3. The number of thiophene rings is 1. The second-order valence-electron chi connectivity index (χ2n) is 7.49. The highest BCUT2D eigenvalue weighted by atomic mass is 32.1. The number of nitrogens with one attached hydrogen (secondary N) is 1. The molecule has 0 saturated carbocycles. The Morgan fingerprint density at radius 3 is 2.66 bits per heavy atom. The maximum atomic E-state index is 13.4. The largest absolute Gasteiger partial charge is 0.350 e. The third-order valence-electron chi connectivity index (χ3n) is 5.43. The van der Waals surface area contributed by atoms with E-state index in [1.54, 1.807) is 6.07 Å². The van der Waals surface area contributed by atoms with Crippen LogP contribution in [0.5, 0.6) is 0 Å². The van der Waals surface area contributed by atoms with E-state index in [0.717, 1.165) is 18.4 Å². The molecule has 1 N–H and O–H groups in total. The van der Waals surface area contributed by atoms with E-state index in [2.05, 4.69) is 5.32 Å². The van der Waals surface area contributed by atoms with E-state index < -0.39 is 6.04 Å². The van der Waals surface area contributed by atoms with E-state index in [4.69, 9.17) is 9.47 Å². The lowest BCUT2D eigenvalue weighted by Gasteiger charge is -2.36. The van der Waals surface area contributed by atoms with Crippen molar-refractivity contribution in [3.05, 3.63) is 58.3 Å². The first-order valence-electron chi connectivity index (χ1n) is 10.1. The molecular formula is C22H26N2O4S. The summed E-state index contributed by atoms with van der Waals surface area (Å²) in [5, 5.41) is 4.83. The zero-order chi connectivity index (χ0) is 20.1. The van der Waals surface area contributed by atoms with Crippen molar-refractivity contribution in [2.24, 2.45) is 5.92 Å². The predicted octanol–water partition coefficient (Wildman–Crippen LogP) is 2.70. The molecular weight excluding hydrogens is 388 g/mol. The van der Waals surface area contributed by atoms with Gasteiger partial charge in [0.15, 0.2) is 6.29 Å². The van der Waals surface area contributed by atoms with Gasteiger partial charge in [-0.1, -0.05) is 36.4 Å². The molecule has 0 spiro atoms. The number of likely N-dealkylation sites (tertiary alicyclic amines) is 1. The minimum Gasteiger partial charge on any atom is -0.350 e. The van der Waals surface area contributed by atoms with Gasteiger partial charge in [0, 0.05) is 25.4 Å². The monoisotopic (exact) mass is 414 g/mol. The molecule has 0 aliphatic carbocycles. The van der Waals surface area contributed by atoms with Crippen LogP contribution in [0.3, 0.4) is 0 Å². The van der Waals surface area contributed by atoms with Crippen LogP contribution >= 0.6 is 11.3 Å². The maximum absolute atomic E-state index is 13.4. The molecule has 4 rings (SSSR count). The average Bonchev–Trinajstić information content (AvgIpc) is 3.48. The fourth-order valence-electron chi connectivity index (χ4n) is 3.99. The number of benzene rings is 1. The maximum Gasteiger partial charge on any atom is 0.262 e. The third kappa shape index (κ3) is 5.04. The van der Waals surface area contributed by atoms with Crippen LogP contribution in [-0.2, 0) is 20.7 Å². The lowest BCUT2D eigenvalue weighted by Crippen LogP contribution is -2.53.